The number of para-hydroxylation sites is 1. The molecular weight excluding hydrogens is 366 g/mol. The van der Waals surface area contributed by atoms with Crippen LogP contribution in [0.25, 0.3) is 0 Å². The second-order valence-electron chi connectivity index (χ2n) is 8.63. The summed E-state index contributed by atoms with van der Waals surface area (Å²) >= 11 is 0. The largest absolute Gasteiger partial charge is 0.336 e. The number of piperidine rings is 1. The number of carbonyl (C=O) groups is 2. The maximum atomic E-state index is 13.6. The molecule has 3 aliphatic heterocycles. The molecule has 1 aromatic carbocycles. The van der Waals surface area contributed by atoms with Gasteiger partial charge in [-0.05, 0) is 51.0 Å². The van der Waals surface area contributed by atoms with Gasteiger partial charge in [0.25, 0.3) is 0 Å². The normalized spacial score (nSPS) is 27.4. The Morgan fingerprint density at radius 1 is 1.17 bits per heavy atom. The van der Waals surface area contributed by atoms with Crippen LogP contribution in [0.1, 0.15) is 36.7 Å². The SMILES string of the molecule is CN1CCC(C(=O)N2CC[C@]3(C(=O)Nc4ccccc43)[C@@H]2c2nccn2C)CC1. The van der Waals surface area contributed by atoms with Crippen molar-refractivity contribution in [2.24, 2.45) is 13.0 Å². The molecule has 2 fully saturated rings. The Labute approximate surface area is 170 Å². The number of nitrogens with one attached hydrogen (secondary N) is 1. The number of benzene rings is 1. The molecule has 2 atom stereocenters. The molecule has 2 amide bonds. The molecule has 0 radical (unpaired) electrons. The molecule has 7 nitrogen and oxygen atoms in total. The molecule has 1 N–H and O–H groups in total. The predicted molar refractivity (Wildman–Crippen MR) is 109 cm³/mol. The molecule has 152 valence electrons. The number of nitrogens with zero attached hydrogens (tertiary/aromatic N) is 4. The number of fused-ring (bicyclic) bond motifs is 2. The highest BCUT2D eigenvalue weighted by molar-refractivity contribution is 6.07. The van der Waals surface area contributed by atoms with Gasteiger partial charge in [0.2, 0.25) is 11.8 Å². The number of anilines is 1. The van der Waals surface area contributed by atoms with Crippen LogP contribution in [0, 0.1) is 5.92 Å². The fraction of sp³-hybridized carbons (Fsp3) is 0.500. The first-order valence-corrected chi connectivity index (χ1v) is 10.4. The van der Waals surface area contributed by atoms with Crippen molar-refractivity contribution in [1.82, 2.24) is 19.4 Å². The lowest BCUT2D eigenvalue weighted by atomic mass is 9.74. The number of aromatic nitrogens is 2. The van der Waals surface area contributed by atoms with Crippen LogP contribution < -0.4 is 5.32 Å². The number of hydrogen-bond acceptors (Lipinski definition) is 4. The summed E-state index contributed by atoms with van der Waals surface area (Å²) in [6, 6.07) is 7.48. The number of hydrogen-bond donors (Lipinski definition) is 1. The predicted octanol–water partition coefficient (Wildman–Crippen LogP) is 1.93. The van der Waals surface area contributed by atoms with E-state index in [1.54, 1.807) is 6.20 Å². The van der Waals surface area contributed by atoms with Gasteiger partial charge in [0.1, 0.15) is 17.3 Å². The summed E-state index contributed by atoms with van der Waals surface area (Å²) in [5.74, 6) is 0.935. The van der Waals surface area contributed by atoms with E-state index in [1.165, 1.54) is 0 Å². The Morgan fingerprint density at radius 2 is 1.93 bits per heavy atom. The molecule has 2 saturated heterocycles. The van der Waals surface area contributed by atoms with Gasteiger partial charge in [0, 0.05) is 37.6 Å². The van der Waals surface area contributed by atoms with Crippen LogP contribution in [-0.2, 0) is 22.1 Å². The van der Waals surface area contributed by atoms with Gasteiger partial charge in [-0.15, -0.1) is 0 Å². The highest BCUT2D eigenvalue weighted by atomic mass is 16.2. The molecule has 0 saturated carbocycles. The fourth-order valence-corrected chi connectivity index (χ4v) is 5.41. The minimum absolute atomic E-state index is 0.0174. The third-order valence-corrected chi connectivity index (χ3v) is 7.04. The summed E-state index contributed by atoms with van der Waals surface area (Å²) in [6.45, 7) is 2.45. The third kappa shape index (κ3) is 2.64. The molecule has 0 bridgehead atoms. The first kappa shape index (κ1) is 18.4. The monoisotopic (exact) mass is 393 g/mol. The zero-order chi connectivity index (χ0) is 20.2. The lowest BCUT2D eigenvalue weighted by Crippen LogP contribution is -2.46. The summed E-state index contributed by atoms with van der Waals surface area (Å²) < 4.78 is 1.95. The lowest BCUT2D eigenvalue weighted by molar-refractivity contribution is -0.139. The molecule has 4 heterocycles. The highest BCUT2D eigenvalue weighted by Gasteiger charge is 2.60. The maximum absolute atomic E-state index is 13.6. The minimum Gasteiger partial charge on any atom is -0.336 e. The Bertz CT molecular complexity index is 962. The first-order valence-electron chi connectivity index (χ1n) is 10.4. The average molecular weight is 393 g/mol. The van der Waals surface area contributed by atoms with E-state index in [9.17, 15) is 9.59 Å². The molecule has 1 aromatic heterocycles. The van der Waals surface area contributed by atoms with Crippen molar-refractivity contribution in [3.05, 3.63) is 48.0 Å². The molecular formula is C22H27N5O2. The van der Waals surface area contributed by atoms with Gasteiger partial charge in [-0.1, -0.05) is 18.2 Å². The molecule has 0 unspecified atom stereocenters. The molecule has 29 heavy (non-hydrogen) atoms. The first-order chi connectivity index (χ1) is 14.0. The Hall–Kier alpha value is -2.67. The minimum atomic E-state index is -0.781. The van der Waals surface area contributed by atoms with E-state index in [0.717, 1.165) is 43.0 Å². The van der Waals surface area contributed by atoms with Crippen LogP contribution in [0.4, 0.5) is 5.69 Å². The van der Waals surface area contributed by atoms with Crippen molar-refractivity contribution in [2.45, 2.75) is 30.7 Å². The standard InChI is InChI=1S/C22H27N5O2/c1-25-11-7-15(8-12-25)20(28)27-13-9-22(18(27)19-23-10-14-26(19)2)16-5-3-4-6-17(16)24-21(22)29/h3-6,10,14-15,18H,7-9,11-13H2,1-2H3,(H,24,29)/t18-,22+/m0/s1. The lowest BCUT2D eigenvalue weighted by Gasteiger charge is -2.36. The van der Waals surface area contributed by atoms with E-state index >= 15 is 0 Å². The van der Waals surface area contributed by atoms with Gasteiger partial charge < -0.3 is 19.7 Å². The molecule has 5 rings (SSSR count). The van der Waals surface area contributed by atoms with E-state index in [4.69, 9.17) is 0 Å². The summed E-state index contributed by atoms with van der Waals surface area (Å²) in [5.41, 5.74) is 1.05. The van der Waals surface area contributed by atoms with Gasteiger partial charge in [-0.2, -0.15) is 0 Å². The maximum Gasteiger partial charge on any atom is 0.237 e. The van der Waals surface area contributed by atoms with Crippen LogP contribution in [0.2, 0.25) is 0 Å². The smallest absolute Gasteiger partial charge is 0.237 e. The summed E-state index contributed by atoms with van der Waals surface area (Å²) in [7, 11) is 4.04. The van der Waals surface area contributed by atoms with Crippen LogP contribution >= 0.6 is 0 Å². The molecule has 0 aliphatic carbocycles. The zero-order valence-electron chi connectivity index (χ0n) is 17.0. The van der Waals surface area contributed by atoms with Crippen molar-refractivity contribution in [3.8, 4) is 0 Å². The van der Waals surface area contributed by atoms with E-state index < -0.39 is 11.5 Å². The zero-order valence-corrected chi connectivity index (χ0v) is 17.0. The molecule has 2 aromatic rings. The average Bonchev–Trinajstić information content (AvgIpc) is 3.39. The van der Waals surface area contributed by atoms with Crippen LogP contribution in [-0.4, -0.2) is 57.8 Å². The van der Waals surface area contributed by atoms with Crippen molar-refractivity contribution in [1.29, 1.82) is 0 Å². The number of amides is 2. The number of likely N-dealkylation sites (tertiary alicyclic amines) is 2. The second kappa shape index (κ2) is 6.69. The van der Waals surface area contributed by atoms with Gasteiger partial charge in [-0.25, -0.2) is 4.98 Å². The van der Waals surface area contributed by atoms with Crippen molar-refractivity contribution in [2.75, 3.05) is 32.0 Å². The topological polar surface area (TPSA) is 70.5 Å². The van der Waals surface area contributed by atoms with Crippen molar-refractivity contribution in [3.63, 3.8) is 0 Å². The van der Waals surface area contributed by atoms with Gasteiger partial charge in [0.15, 0.2) is 0 Å². The molecule has 7 heteroatoms. The number of carbonyl (C=O) groups excluding carboxylic acids is 2. The summed E-state index contributed by atoms with van der Waals surface area (Å²) in [4.78, 5) is 35.8. The van der Waals surface area contributed by atoms with E-state index in [-0.39, 0.29) is 17.7 Å². The van der Waals surface area contributed by atoms with Gasteiger partial charge >= 0.3 is 0 Å². The van der Waals surface area contributed by atoms with Crippen molar-refractivity contribution < 1.29 is 9.59 Å². The van der Waals surface area contributed by atoms with E-state index in [0.29, 0.717) is 13.0 Å². The Kier molecular flexibility index (Phi) is 4.24. The molecule has 3 aliphatic rings. The van der Waals surface area contributed by atoms with Crippen molar-refractivity contribution >= 4 is 17.5 Å². The summed E-state index contributed by atoms with van der Waals surface area (Å²) in [5, 5.41) is 3.07. The van der Waals surface area contributed by atoms with Crippen LogP contribution in [0.15, 0.2) is 36.7 Å². The van der Waals surface area contributed by atoms with E-state index in [1.807, 2.05) is 47.0 Å². The summed E-state index contributed by atoms with van der Waals surface area (Å²) in [6.07, 6.45) is 5.99. The van der Waals surface area contributed by atoms with E-state index in [2.05, 4.69) is 22.2 Å². The quantitative estimate of drug-likeness (QED) is 0.846. The Balaban J connectivity index is 1.59. The third-order valence-electron chi connectivity index (χ3n) is 7.04. The van der Waals surface area contributed by atoms with Gasteiger partial charge in [-0.3, -0.25) is 9.59 Å². The molecule has 1 spiro atoms. The Morgan fingerprint density at radius 3 is 2.66 bits per heavy atom. The highest BCUT2D eigenvalue weighted by Crippen LogP contribution is 2.54. The fourth-order valence-electron chi connectivity index (χ4n) is 5.41. The van der Waals surface area contributed by atoms with Gasteiger partial charge in [0.05, 0.1) is 0 Å². The van der Waals surface area contributed by atoms with Crippen LogP contribution in [0.5, 0.6) is 0 Å². The second-order valence-corrected chi connectivity index (χ2v) is 8.63. The number of imidazole rings is 1. The van der Waals surface area contributed by atoms with Crippen LogP contribution in [0.3, 0.4) is 0 Å². The number of rotatable bonds is 2. The number of aryl methyl sites for hydroxylation is 1.